The van der Waals surface area contributed by atoms with Crippen LogP contribution < -0.4 is 0 Å². The molecular formula is C90H98O30Si6. The van der Waals surface area contributed by atoms with E-state index in [1.165, 1.54) is 141 Å². The van der Waals surface area contributed by atoms with Crippen molar-refractivity contribution < 1.29 is 145 Å². The van der Waals surface area contributed by atoms with Crippen LogP contribution in [0.1, 0.15) is 108 Å². The number of carbonyl (C=O) groups excluding carboxylic acids is 12. The van der Waals surface area contributed by atoms with Gasteiger partial charge in [-0.15, -0.1) is 78.9 Å². The Morgan fingerprint density at radius 1 is 0.222 bits per heavy atom. The van der Waals surface area contributed by atoms with E-state index in [0.29, 0.717) is 22.3 Å². The van der Waals surface area contributed by atoms with Crippen molar-refractivity contribution in [1.82, 2.24) is 0 Å². The molecule has 30 nitrogen and oxygen atoms in total. The lowest BCUT2D eigenvalue weighted by atomic mass is 9.72. The van der Waals surface area contributed by atoms with Crippen molar-refractivity contribution in [3.8, 4) is 0 Å². The van der Waals surface area contributed by atoms with E-state index < -0.39 is 196 Å². The van der Waals surface area contributed by atoms with Crippen molar-refractivity contribution >= 4 is 126 Å². The molecule has 0 fully saturated rings. The van der Waals surface area contributed by atoms with E-state index in [1.54, 1.807) is 114 Å². The lowest BCUT2D eigenvalue weighted by Crippen LogP contribution is -2.61. The number of aryl methyl sites for hydroxylation is 6. The Morgan fingerprint density at radius 3 is 0.540 bits per heavy atom. The Balaban J connectivity index is 1.90. The van der Waals surface area contributed by atoms with Gasteiger partial charge >= 0.3 is 72.7 Å². The summed E-state index contributed by atoms with van der Waals surface area (Å²) >= 11 is 0. The van der Waals surface area contributed by atoms with Crippen LogP contribution in [-0.4, -0.2) is 160 Å². The maximum absolute atomic E-state index is 15.5. The molecule has 0 N–H and O–H groups in total. The second kappa shape index (κ2) is 51.1. The van der Waals surface area contributed by atoms with Gasteiger partial charge in [-0.05, 0) is 127 Å². The maximum Gasteiger partial charge on any atom is 0.549 e. The Morgan fingerprint density at radius 2 is 0.373 bits per heavy atom. The molecule has 0 aliphatic heterocycles. The van der Waals surface area contributed by atoms with E-state index >= 15 is 19.2 Å². The summed E-state index contributed by atoms with van der Waals surface area (Å²) < 4.78 is 39.1. The predicted molar refractivity (Wildman–Crippen MR) is 476 cm³/mol. The van der Waals surface area contributed by atoms with Crippen molar-refractivity contribution in [3.63, 3.8) is 0 Å². The third-order valence-corrected chi connectivity index (χ3v) is 34.5. The van der Waals surface area contributed by atoms with Crippen LogP contribution in [0.4, 0.5) is 28.8 Å². The van der Waals surface area contributed by atoms with E-state index in [1.807, 2.05) is 0 Å². The molecule has 0 heterocycles. The molecule has 126 heavy (non-hydrogen) atoms. The van der Waals surface area contributed by atoms with Crippen LogP contribution in [0.3, 0.4) is 0 Å². The highest BCUT2D eigenvalue weighted by atomic mass is 28.3. The summed E-state index contributed by atoms with van der Waals surface area (Å²) in [6.07, 6.45) is -12.6. The van der Waals surface area contributed by atoms with Crippen LogP contribution in [0, 0.1) is 65.2 Å². The van der Waals surface area contributed by atoms with Gasteiger partial charge in [-0.1, -0.05) is 175 Å². The number of benzene rings is 6. The van der Waals surface area contributed by atoms with Crippen LogP contribution >= 0.6 is 0 Å². The molecule has 0 saturated heterocycles. The fraction of sp³-hybridized carbons (Fsp3) is 0.200. The van der Waals surface area contributed by atoms with Crippen LogP contribution in [0.15, 0.2) is 293 Å². The maximum atomic E-state index is 15.5. The second-order valence-electron chi connectivity index (χ2n) is 28.3. The van der Waals surface area contributed by atoms with Gasteiger partial charge in [0.05, 0.1) is 44.8 Å². The van der Waals surface area contributed by atoms with Gasteiger partial charge in [0.1, 0.15) is 75.7 Å². The molecule has 0 bridgehead atoms. The first kappa shape index (κ1) is 101. The topological polar surface area (TPSA) is 371 Å². The summed E-state index contributed by atoms with van der Waals surface area (Å²) in [5.41, 5.74) is 7.50. The molecule has 662 valence electrons. The van der Waals surface area contributed by atoms with Crippen LogP contribution in [-0.2, 0) is 87.1 Å². The second-order valence-corrected chi connectivity index (χ2v) is 45.0. The monoisotopic (exact) mass is 1830 g/mol. The molecule has 0 amide bonds. The van der Waals surface area contributed by atoms with E-state index in [9.17, 15) is 38.4 Å². The number of carbonyl (C=O) groups is 12. The van der Waals surface area contributed by atoms with Crippen LogP contribution in [0.2, 0.25) is 0 Å². The van der Waals surface area contributed by atoms with Gasteiger partial charge in [-0.3, -0.25) is 0 Å². The minimum Gasteiger partial charge on any atom is -0.432 e. The Kier molecular flexibility index (Phi) is 40.9. The SMILES string of the molecule is C=C[SiH](C=C)C(CC(C(C(C(CC(OC(=O)OOC(=O)c1ccc(C)cc1)[SiH](C=C)C=C)C(OC(=O)OOC(=O)c1ccc(C)cc1)[SiH](C=C)C=C)C(OC(=O)OOC(=O)c1ccc(C)cc1)[SiH](C=C)C=C)C(OC(=O)OOC(=O)c1ccc(C)cc1)[SiH](C=C)C=C)C(OC(=O)OOC(=O)c1ccc(C)cc1)[SiH](C=C)C=C)OC(=O)OOC(=O)c1ccc(C)cc1. The van der Waals surface area contributed by atoms with Crippen LogP contribution in [0.5, 0.6) is 0 Å². The van der Waals surface area contributed by atoms with Gasteiger partial charge in [-0.25, -0.2) is 87.4 Å². The molecule has 10 atom stereocenters. The molecule has 0 aromatic heterocycles. The number of ether oxygens (including phenoxy) is 6. The van der Waals surface area contributed by atoms with Crippen molar-refractivity contribution in [3.05, 3.63) is 360 Å². The lowest BCUT2D eigenvalue weighted by molar-refractivity contribution is -0.218. The Hall–Kier alpha value is -14.1. The summed E-state index contributed by atoms with van der Waals surface area (Å²) in [5.74, 6) is -15.7. The molecule has 6 aromatic rings. The Labute approximate surface area is 738 Å². The first-order valence-corrected chi connectivity index (χ1v) is 50.8. The van der Waals surface area contributed by atoms with Crippen molar-refractivity contribution in [2.75, 3.05) is 0 Å². The third kappa shape index (κ3) is 30.2. The molecule has 0 saturated carbocycles. The zero-order chi connectivity index (χ0) is 92.7. The predicted octanol–water partition coefficient (Wildman–Crippen LogP) is 15.1. The molecule has 0 radical (unpaired) electrons. The first-order valence-electron chi connectivity index (χ1n) is 38.8. The van der Waals surface area contributed by atoms with Crippen molar-refractivity contribution in [2.24, 2.45) is 23.7 Å². The minimum absolute atomic E-state index is 0.0962. The Bertz CT molecular complexity index is 4570. The van der Waals surface area contributed by atoms with E-state index in [0.717, 1.165) is 11.1 Å². The molecule has 0 spiro atoms. The van der Waals surface area contributed by atoms with Gasteiger partial charge in [-0.2, -0.15) is 28.8 Å². The fourth-order valence-electron chi connectivity index (χ4n) is 13.3. The standard InChI is InChI=1S/C90H98O30Si6/c1-19-121(20-2)71(103-85(97)115-109-75(91)63-43-31-57(13)32-44-63)55-69(81(123(23-5)24-6)105-87(99)117-111-77(93)65-47-35-59(15)36-48-65)73(83(125(27-9)28-10)107-89(101)119-113-79(95)67-51-39-61(17)40-52-67)74(84(126(29-11)30-12)108-90(102)120-114-80(96)68-53-41-62(18)42-54-68)70(82(124(25-7)26-8)106-88(100)118-112-78(94)66-49-37-60(16)38-50-66)56-72(122(21-3)22-4)104-86(98)116-110-76(92)64-45-33-58(14)34-46-64/h19-54,69-74,81-84,121-126H,1-12,55-56H2,13-18H3. The summed E-state index contributed by atoms with van der Waals surface area (Å²) in [6.45, 7) is 59.9. The minimum atomic E-state index is -3.84. The van der Waals surface area contributed by atoms with Crippen molar-refractivity contribution in [1.29, 1.82) is 0 Å². The average molecular weight is 1830 g/mol. The van der Waals surface area contributed by atoms with Crippen LogP contribution in [0.25, 0.3) is 0 Å². The summed E-state index contributed by atoms with van der Waals surface area (Å²) in [6, 6.07) is 35.0. The number of hydrogen-bond acceptors (Lipinski definition) is 30. The molecule has 6 aromatic carbocycles. The first-order chi connectivity index (χ1) is 60.3. The average Bonchev–Trinajstić information content (AvgIpc) is 0.751. The quantitative estimate of drug-likeness (QED) is 0.0113. The number of rotatable bonds is 41. The molecule has 0 aliphatic carbocycles. The zero-order valence-electron chi connectivity index (χ0n) is 70.2. The third-order valence-electron chi connectivity index (χ3n) is 19.9. The summed E-state index contributed by atoms with van der Waals surface area (Å²) in [7, 11) is -21.9. The normalized spacial score (nSPS) is 13.1. The highest BCUT2D eigenvalue weighted by Crippen LogP contribution is 2.48. The van der Waals surface area contributed by atoms with E-state index in [2.05, 4.69) is 78.9 Å². The van der Waals surface area contributed by atoms with Gasteiger partial charge in [0, 0.05) is 23.7 Å². The fourth-order valence-corrected chi connectivity index (χ4v) is 24.7. The summed E-state index contributed by atoms with van der Waals surface area (Å²) in [4.78, 5) is 237. The van der Waals surface area contributed by atoms with Gasteiger partial charge in [0.15, 0.2) is 0 Å². The van der Waals surface area contributed by atoms with Gasteiger partial charge in [0.25, 0.3) is 0 Å². The van der Waals surface area contributed by atoms with Gasteiger partial charge in [0.2, 0.25) is 0 Å². The molecular weight excluding hydrogens is 1730 g/mol. The van der Waals surface area contributed by atoms with Gasteiger partial charge < -0.3 is 28.4 Å². The van der Waals surface area contributed by atoms with E-state index in [-0.39, 0.29) is 33.4 Å². The molecule has 36 heteroatoms. The molecule has 6 rings (SSSR count). The highest BCUT2D eigenvalue weighted by molar-refractivity contribution is 6.73. The molecule has 0 aliphatic rings. The van der Waals surface area contributed by atoms with Crippen molar-refractivity contribution in [2.45, 2.75) is 88.7 Å². The number of hydrogen-bond donors (Lipinski definition) is 0. The lowest BCUT2D eigenvalue weighted by Gasteiger charge is -2.50. The smallest absolute Gasteiger partial charge is 0.432 e. The highest BCUT2D eigenvalue weighted by Gasteiger charge is 2.58. The largest absolute Gasteiger partial charge is 0.549 e. The van der Waals surface area contributed by atoms with E-state index in [4.69, 9.17) is 87.1 Å². The zero-order valence-corrected chi connectivity index (χ0v) is 77.1. The molecule has 10 unspecified atom stereocenters. The summed E-state index contributed by atoms with van der Waals surface area (Å²) in [5, 5.41) is 0.